The van der Waals surface area contributed by atoms with Gasteiger partial charge in [-0.2, -0.15) is 0 Å². The molecule has 0 bridgehead atoms. The first-order valence-electron chi connectivity index (χ1n) is 12.2. The van der Waals surface area contributed by atoms with E-state index >= 15 is 0 Å². The molecule has 7 nitrogen and oxygen atoms in total. The molecule has 2 aromatic carbocycles. The van der Waals surface area contributed by atoms with E-state index in [0.717, 1.165) is 47.5 Å². The van der Waals surface area contributed by atoms with Gasteiger partial charge in [0.15, 0.2) is 0 Å². The number of carbonyl (C=O) groups is 1. The molecule has 0 radical (unpaired) electrons. The van der Waals surface area contributed by atoms with E-state index in [2.05, 4.69) is 15.5 Å². The summed E-state index contributed by atoms with van der Waals surface area (Å²) in [6, 6.07) is 15.2. The monoisotopic (exact) mass is 500 g/mol. The van der Waals surface area contributed by atoms with Crippen molar-refractivity contribution in [3.63, 3.8) is 0 Å². The molecule has 1 N–H and O–H groups in total. The Balaban J connectivity index is 1.27. The first-order chi connectivity index (χ1) is 17.5. The summed E-state index contributed by atoms with van der Waals surface area (Å²) in [5.74, 6) is 0.613. The van der Waals surface area contributed by atoms with Gasteiger partial charge in [-0.15, -0.1) is 0 Å². The molecule has 5 aromatic rings. The Hall–Kier alpha value is -3.71. The number of hydrogen-bond acceptors (Lipinski definition) is 5. The first kappa shape index (κ1) is 22.7. The zero-order valence-corrected chi connectivity index (χ0v) is 20.6. The summed E-state index contributed by atoms with van der Waals surface area (Å²) < 4.78 is 7.25. The fourth-order valence-electron chi connectivity index (χ4n) is 5.55. The number of fused-ring (bicyclic) bond motifs is 4. The van der Waals surface area contributed by atoms with Crippen molar-refractivity contribution < 1.29 is 9.32 Å². The van der Waals surface area contributed by atoms with Crippen molar-refractivity contribution in [3.8, 4) is 0 Å². The number of rotatable bonds is 4. The third-order valence-electron chi connectivity index (χ3n) is 7.31. The molecular weight excluding hydrogens is 476 g/mol. The van der Waals surface area contributed by atoms with Gasteiger partial charge in [-0.25, -0.2) is 0 Å². The number of halogens is 1. The number of nitrogens with one attached hydrogen (secondary N) is 1. The lowest BCUT2D eigenvalue weighted by molar-refractivity contribution is 0.0940. The van der Waals surface area contributed by atoms with Gasteiger partial charge in [0, 0.05) is 29.6 Å². The normalized spacial score (nSPS) is 18.2. The van der Waals surface area contributed by atoms with Gasteiger partial charge >= 0.3 is 0 Å². The van der Waals surface area contributed by atoms with Crippen LogP contribution in [0.3, 0.4) is 0 Å². The molecule has 3 heterocycles. The average molecular weight is 501 g/mol. The number of pyridine rings is 2. The molecule has 1 saturated carbocycles. The van der Waals surface area contributed by atoms with E-state index < -0.39 is 0 Å². The summed E-state index contributed by atoms with van der Waals surface area (Å²) >= 11 is 6.57. The van der Waals surface area contributed by atoms with E-state index in [-0.39, 0.29) is 23.4 Å². The highest BCUT2D eigenvalue weighted by Crippen LogP contribution is 2.37. The molecular formula is C28H25ClN4O3. The van der Waals surface area contributed by atoms with E-state index in [1.807, 2.05) is 53.1 Å². The largest absolute Gasteiger partial charge is 0.360 e. The van der Waals surface area contributed by atoms with E-state index in [0.29, 0.717) is 33.8 Å². The Bertz CT molecular complexity index is 1690. The van der Waals surface area contributed by atoms with Crippen molar-refractivity contribution in [3.05, 3.63) is 81.4 Å². The van der Waals surface area contributed by atoms with Gasteiger partial charge in [-0.3, -0.25) is 14.6 Å². The second-order valence-corrected chi connectivity index (χ2v) is 9.99. The quantitative estimate of drug-likeness (QED) is 0.336. The summed E-state index contributed by atoms with van der Waals surface area (Å²) in [4.78, 5) is 30.9. The number of nitrogens with zero attached hydrogens (tertiary/aromatic N) is 3. The Labute approximate surface area is 212 Å². The van der Waals surface area contributed by atoms with Gasteiger partial charge in [0.05, 0.1) is 21.6 Å². The lowest BCUT2D eigenvalue weighted by Crippen LogP contribution is -2.34. The van der Waals surface area contributed by atoms with Gasteiger partial charge in [0.2, 0.25) is 0 Å². The molecule has 2 atom stereocenters. The van der Waals surface area contributed by atoms with Crippen molar-refractivity contribution in [2.75, 3.05) is 6.54 Å². The van der Waals surface area contributed by atoms with Gasteiger partial charge in [0.25, 0.3) is 11.5 Å². The molecule has 8 heteroatoms. The minimum absolute atomic E-state index is 0.00449. The second-order valence-electron chi connectivity index (χ2n) is 9.58. The van der Waals surface area contributed by atoms with Crippen LogP contribution in [0.25, 0.3) is 32.7 Å². The summed E-state index contributed by atoms with van der Waals surface area (Å²) in [6.45, 7) is 2.30. The lowest BCUT2D eigenvalue weighted by atomic mass is 9.85. The summed E-state index contributed by atoms with van der Waals surface area (Å²) in [5, 5.41) is 9.93. The topological polar surface area (TPSA) is 90.0 Å². The smallest absolute Gasteiger partial charge is 0.264 e. The van der Waals surface area contributed by atoms with Crippen LogP contribution in [0.2, 0.25) is 5.02 Å². The van der Waals surface area contributed by atoms with Gasteiger partial charge in [0.1, 0.15) is 16.7 Å². The molecule has 2 unspecified atom stereocenters. The molecule has 1 amide bonds. The van der Waals surface area contributed by atoms with Crippen LogP contribution in [0.1, 0.15) is 47.8 Å². The van der Waals surface area contributed by atoms with Crippen LogP contribution in [-0.4, -0.2) is 27.2 Å². The van der Waals surface area contributed by atoms with E-state index in [4.69, 9.17) is 16.1 Å². The Morgan fingerprint density at radius 3 is 2.92 bits per heavy atom. The summed E-state index contributed by atoms with van der Waals surface area (Å²) in [7, 11) is 0. The number of carbonyl (C=O) groups excluding carboxylic acids is 1. The van der Waals surface area contributed by atoms with Crippen molar-refractivity contribution in [2.45, 2.75) is 38.6 Å². The van der Waals surface area contributed by atoms with Crippen LogP contribution in [0, 0.1) is 12.8 Å². The fraction of sp³-hybridized carbons (Fsp3) is 0.286. The predicted octanol–water partition coefficient (Wildman–Crippen LogP) is 5.81. The third-order valence-corrected chi connectivity index (χ3v) is 7.62. The van der Waals surface area contributed by atoms with E-state index in [9.17, 15) is 9.59 Å². The number of amides is 1. The summed E-state index contributed by atoms with van der Waals surface area (Å²) in [6.07, 6.45) is 5.25. The third kappa shape index (κ3) is 3.84. The van der Waals surface area contributed by atoms with E-state index in [1.165, 1.54) is 0 Å². The highest BCUT2D eigenvalue weighted by atomic mass is 35.5. The number of aromatic nitrogens is 3. The van der Waals surface area contributed by atoms with Gasteiger partial charge in [-0.05, 0) is 56.4 Å². The SMILES string of the molecule is Cc1onc2c1c(=O)n(C1CCCC(CNC(=O)c3cnc4ccccc4c3)C1)c1cccc(Cl)c21. The molecule has 1 aliphatic carbocycles. The second kappa shape index (κ2) is 9.06. The molecule has 0 aliphatic heterocycles. The number of hydrogen-bond donors (Lipinski definition) is 1. The number of benzene rings is 2. The van der Waals surface area contributed by atoms with E-state index in [1.54, 1.807) is 13.1 Å². The van der Waals surface area contributed by atoms with Gasteiger partial charge in [-0.1, -0.05) is 47.4 Å². The van der Waals surface area contributed by atoms with Crippen molar-refractivity contribution in [2.24, 2.45) is 5.92 Å². The molecule has 0 saturated heterocycles. The summed E-state index contributed by atoms with van der Waals surface area (Å²) in [5.41, 5.74) is 2.59. The number of para-hydroxylation sites is 1. The van der Waals surface area contributed by atoms with Crippen LogP contribution in [0.15, 0.2) is 64.0 Å². The maximum absolute atomic E-state index is 13.6. The van der Waals surface area contributed by atoms with Crippen molar-refractivity contribution in [1.82, 2.24) is 20.0 Å². The molecule has 1 aliphatic rings. The Morgan fingerprint density at radius 2 is 2.03 bits per heavy atom. The fourth-order valence-corrected chi connectivity index (χ4v) is 5.81. The minimum Gasteiger partial charge on any atom is -0.360 e. The zero-order valence-electron chi connectivity index (χ0n) is 19.8. The van der Waals surface area contributed by atoms with Crippen molar-refractivity contribution in [1.29, 1.82) is 0 Å². The Morgan fingerprint density at radius 1 is 1.17 bits per heavy atom. The van der Waals surface area contributed by atoms with Crippen LogP contribution in [-0.2, 0) is 0 Å². The highest BCUT2D eigenvalue weighted by Gasteiger charge is 2.28. The lowest BCUT2D eigenvalue weighted by Gasteiger charge is -2.31. The minimum atomic E-state index is -0.133. The van der Waals surface area contributed by atoms with Crippen LogP contribution in [0.4, 0.5) is 0 Å². The van der Waals surface area contributed by atoms with Crippen molar-refractivity contribution >= 4 is 50.2 Å². The van der Waals surface area contributed by atoms with Crippen LogP contribution in [0.5, 0.6) is 0 Å². The zero-order chi connectivity index (χ0) is 24.8. The maximum Gasteiger partial charge on any atom is 0.264 e. The molecule has 36 heavy (non-hydrogen) atoms. The highest BCUT2D eigenvalue weighted by molar-refractivity contribution is 6.37. The molecule has 3 aromatic heterocycles. The van der Waals surface area contributed by atoms with Crippen LogP contribution < -0.4 is 10.9 Å². The Kier molecular flexibility index (Phi) is 5.72. The average Bonchev–Trinajstić information content (AvgIpc) is 3.29. The van der Waals surface area contributed by atoms with Gasteiger partial charge < -0.3 is 14.4 Å². The maximum atomic E-state index is 13.6. The number of aryl methyl sites for hydroxylation is 1. The standard InChI is InChI=1S/C28H25ClN4O3/c1-16-24-26(32-36-16)25-21(29)9-5-11-23(25)33(28(24)35)20-8-4-6-17(12-20)14-31-27(34)19-13-18-7-2-3-10-22(18)30-15-19/h2-3,5,7,9-11,13,15,17,20H,4,6,8,12,14H2,1H3,(H,31,34). The molecule has 6 rings (SSSR count). The molecule has 0 spiro atoms. The molecule has 1 fully saturated rings. The predicted molar refractivity (Wildman–Crippen MR) is 141 cm³/mol. The van der Waals surface area contributed by atoms with Crippen LogP contribution >= 0.6 is 11.6 Å². The molecule has 182 valence electrons. The first-order valence-corrected chi connectivity index (χ1v) is 12.6.